The molecule has 0 atom stereocenters. The third kappa shape index (κ3) is 3.77. The molecule has 0 amide bonds. The molecule has 218 valence electrons. The average molecular weight is 589 g/mol. The summed E-state index contributed by atoms with van der Waals surface area (Å²) in [5, 5.41) is 2.51. The number of fused-ring (bicyclic) bond motifs is 6. The second-order valence-corrected chi connectivity index (χ2v) is 12.2. The van der Waals surface area contributed by atoms with Gasteiger partial charge in [0.1, 0.15) is 0 Å². The van der Waals surface area contributed by atoms with Gasteiger partial charge in [-0.25, -0.2) is 0 Å². The molecule has 0 N–H and O–H groups in total. The van der Waals surface area contributed by atoms with E-state index in [1.54, 1.807) is 0 Å². The van der Waals surface area contributed by atoms with Gasteiger partial charge in [-0.15, -0.1) is 0 Å². The summed E-state index contributed by atoms with van der Waals surface area (Å²) in [5.41, 5.74) is 13.3. The standard InChI is InChI=1S/C44H32N2/c1-45(34-26-28-43-39(29-34)38-22-12-14-24-42(38)46(43)33-19-9-4-10-20-33)35-25-27-37-36-21-11-13-23-40(36)44(41(37)30-35,31-15-5-2-6-16-31)32-17-7-3-8-18-32/h2-30H,1H3. The van der Waals surface area contributed by atoms with Gasteiger partial charge < -0.3 is 9.47 Å². The minimum Gasteiger partial charge on any atom is -0.345 e. The number of hydrogen-bond acceptors (Lipinski definition) is 1. The molecule has 2 nitrogen and oxygen atoms in total. The van der Waals surface area contributed by atoms with Crippen LogP contribution in [-0.4, -0.2) is 11.6 Å². The number of aromatic nitrogens is 1. The van der Waals surface area contributed by atoms with E-state index in [2.05, 4.69) is 192 Å². The van der Waals surface area contributed by atoms with E-state index in [9.17, 15) is 0 Å². The van der Waals surface area contributed by atoms with Crippen LogP contribution >= 0.6 is 0 Å². The number of rotatable bonds is 5. The summed E-state index contributed by atoms with van der Waals surface area (Å²) in [5.74, 6) is 0. The van der Waals surface area contributed by atoms with E-state index in [-0.39, 0.29) is 0 Å². The Morgan fingerprint density at radius 1 is 0.435 bits per heavy atom. The molecule has 0 spiro atoms. The highest BCUT2D eigenvalue weighted by Crippen LogP contribution is 2.56. The molecule has 0 aliphatic heterocycles. The van der Waals surface area contributed by atoms with Gasteiger partial charge in [-0.2, -0.15) is 0 Å². The summed E-state index contributed by atoms with van der Waals surface area (Å²) in [7, 11) is 2.19. The number of nitrogens with zero attached hydrogens (tertiary/aromatic N) is 2. The highest BCUT2D eigenvalue weighted by Gasteiger charge is 2.46. The van der Waals surface area contributed by atoms with Gasteiger partial charge in [0.05, 0.1) is 16.4 Å². The lowest BCUT2D eigenvalue weighted by Gasteiger charge is -2.34. The second-order valence-electron chi connectivity index (χ2n) is 12.2. The predicted octanol–water partition coefficient (Wildman–Crippen LogP) is 10.9. The molecular formula is C44H32N2. The van der Waals surface area contributed by atoms with Crippen LogP contribution in [0.15, 0.2) is 176 Å². The number of hydrogen-bond donors (Lipinski definition) is 0. The minimum atomic E-state index is -0.418. The van der Waals surface area contributed by atoms with Gasteiger partial charge in [0.25, 0.3) is 0 Å². The molecule has 0 radical (unpaired) electrons. The van der Waals surface area contributed by atoms with Crippen LogP contribution in [0, 0.1) is 0 Å². The smallest absolute Gasteiger partial charge is 0.0714 e. The molecule has 46 heavy (non-hydrogen) atoms. The van der Waals surface area contributed by atoms with Crippen molar-refractivity contribution >= 4 is 33.2 Å². The van der Waals surface area contributed by atoms with Gasteiger partial charge in [0.15, 0.2) is 0 Å². The van der Waals surface area contributed by atoms with Crippen molar-refractivity contribution < 1.29 is 0 Å². The fraction of sp³-hybridized carbons (Fsp3) is 0.0455. The molecule has 1 aliphatic carbocycles. The van der Waals surface area contributed by atoms with Crippen LogP contribution < -0.4 is 4.90 Å². The highest BCUT2D eigenvalue weighted by molar-refractivity contribution is 6.10. The lowest BCUT2D eigenvalue weighted by Crippen LogP contribution is -2.28. The lowest BCUT2D eigenvalue weighted by molar-refractivity contribution is 0.768. The molecule has 0 saturated heterocycles. The van der Waals surface area contributed by atoms with E-state index in [0.29, 0.717) is 0 Å². The Bertz CT molecular complexity index is 2330. The molecule has 2 heteroatoms. The Labute approximate surface area is 269 Å². The molecule has 0 saturated carbocycles. The van der Waals surface area contributed by atoms with Gasteiger partial charge in [0, 0.05) is 34.9 Å². The van der Waals surface area contributed by atoms with Crippen molar-refractivity contribution in [1.82, 2.24) is 4.57 Å². The first-order valence-electron chi connectivity index (χ1n) is 15.9. The maximum atomic E-state index is 2.42. The number of benzene rings is 7. The van der Waals surface area contributed by atoms with Gasteiger partial charge in [-0.05, 0) is 81.9 Å². The Morgan fingerprint density at radius 3 is 1.72 bits per heavy atom. The zero-order valence-electron chi connectivity index (χ0n) is 25.6. The van der Waals surface area contributed by atoms with Crippen molar-refractivity contribution in [2.45, 2.75) is 5.41 Å². The van der Waals surface area contributed by atoms with Crippen molar-refractivity contribution in [2.24, 2.45) is 0 Å². The van der Waals surface area contributed by atoms with Crippen molar-refractivity contribution in [3.05, 3.63) is 198 Å². The largest absolute Gasteiger partial charge is 0.345 e. The summed E-state index contributed by atoms with van der Waals surface area (Å²) in [6.07, 6.45) is 0. The van der Waals surface area contributed by atoms with Crippen LogP contribution in [0.3, 0.4) is 0 Å². The Kier molecular flexibility index (Phi) is 5.97. The molecule has 0 fully saturated rings. The van der Waals surface area contributed by atoms with E-state index in [1.807, 2.05) is 0 Å². The monoisotopic (exact) mass is 588 g/mol. The van der Waals surface area contributed by atoms with Crippen LogP contribution in [0.1, 0.15) is 22.3 Å². The second kappa shape index (κ2) is 10.4. The summed E-state index contributed by atoms with van der Waals surface area (Å²) in [6, 6.07) is 64.2. The van der Waals surface area contributed by atoms with E-state index in [1.165, 1.54) is 60.9 Å². The molecule has 9 rings (SSSR count). The number of para-hydroxylation sites is 2. The summed E-state index contributed by atoms with van der Waals surface area (Å²) >= 11 is 0. The summed E-state index contributed by atoms with van der Waals surface area (Å²) in [6.45, 7) is 0. The summed E-state index contributed by atoms with van der Waals surface area (Å²) < 4.78 is 2.37. The molecule has 8 aromatic rings. The van der Waals surface area contributed by atoms with Crippen molar-refractivity contribution in [2.75, 3.05) is 11.9 Å². The normalized spacial score (nSPS) is 13.1. The van der Waals surface area contributed by atoms with Crippen LogP contribution in [-0.2, 0) is 5.41 Å². The quantitative estimate of drug-likeness (QED) is 0.194. The fourth-order valence-electron chi connectivity index (χ4n) is 7.81. The van der Waals surface area contributed by atoms with E-state index in [0.717, 1.165) is 11.4 Å². The molecular weight excluding hydrogens is 556 g/mol. The predicted molar refractivity (Wildman–Crippen MR) is 193 cm³/mol. The first kappa shape index (κ1) is 26.5. The Balaban J connectivity index is 1.24. The van der Waals surface area contributed by atoms with Crippen LogP contribution in [0.25, 0.3) is 38.6 Å². The first-order chi connectivity index (χ1) is 22.7. The highest BCUT2D eigenvalue weighted by atomic mass is 15.1. The van der Waals surface area contributed by atoms with Crippen LogP contribution in [0.4, 0.5) is 11.4 Å². The topological polar surface area (TPSA) is 8.17 Å². The van der Waals surface area contributed by atoms with Crippen molar-refractivity contribution in [1.29, 1.82) is 0 Å². The van der Waals surface area contributed by atoms with Crippen LogP contribution in [0.2, 0.25) is 0 Å². The fourth-order valence-corrected chi connectivity index (χ4v) is 7.81. The molecule has 0 unspecified atom stereocenters. The zero-order chi connectivity index (χ0) is 30.7. The molecule has 1 aromatic heterocycles. The first-order valence-corrected chi connectivity index (χ1v) is 15.9. The van der Waals surface area contributed by atoms with E-state index < -0.39 is 5.41 Å². The van der Waals surface area contributed by atoms with Gasteiger partial charge in [-0.1, -0.05) is 127 Å². The molecule has 1 aliphatic rings. The maximum absolute atomic E-state index is 2.42. The van der Waals surface area contributed by atoms with Gasteiger partial charge in [-0.3, -0.25) is 0 Å². The average Bonchev–Trinajstić information content (AvgIpc) is 3.62. The van der Waals surface area contributed by atoms with Crippen LogP contribution in [0.5, 0.6) is 0 Å². The zero-order valence-corrected chi connectivity index (χ0v) is 25.6. The number of anilines is 2. The minimum absolute atomic E-state index is 0.418. The lowest BCUT2D eigenvalue weighted by atomic mass is 9.67. The van der Waals surface area contributed by atoms with Gasteiger partial charge in [0.2, 0.25) is 0 Å². The molecule has 0 bridgehead atoms. The summed E-state index contributed by atoms with van der Waals surface area (Å²) in [4.78, 5) is 2.33. The van der Waals surface area contributed by atoms with Crippen molar-refractivity contribution in [3.8, 4) is 16.8 Å². The van der Waals surface area contributed by atoms with Crippen molar-refractivity contribution in [3.63, 3.8) is 0 Å². The Morgan fingerprint density at radius 2 is 0.978 bits per heavy atom. The molecule has 1 heterocycles. The van der Waals surface area contributed by atoms with E-state index in [4.69, 9.17) is 0 Å². The third-order valence-electron chi connectivity index (χ3n) is 9.89. The SMILES string of the molecule is CN(c1ccc2c(c1)C(c1ccccc1)(c1ccccc1)c1ccccc1-2)c1ccc2c(c1)c1ccccc1n2-c1ccccc1. The molecule has 7 aromatic carbocycles. The van der Waals surface area contributed by atoms with E-state index >= 15 is 0 Å². The Hall–Kier alpha value is -5.86. The third-order valence-corrected chi connectivity index (χ3v) is 9.89. The maximum Gasteiger partial charge on any atom is 0.0714 e. The van der Waals surface area contributed by atoms with Gasteiger partial charge >= 0.3 is 0 Å².